The number of hydrogen-bond acceptors (Lipinski definition) is 3. The number of rotatable bonds is 4. The minimum atomic E-state index is 0.909. The van der Waals surface area contributed by atoms with Crippen LogP contribution in [-0.2, 0) is 13.0 Å². The average molecular weight is 267 g/mol. The lowest BCUT2D eigenvalue weighted by Crippen LogP contribution is -2.28. The summed E-state index contributed by atoms with van der Waals surface area (Å²) in [5, 5.41) is 3.23. The van der Waals surface area contributed by atoms with Crippen LogP contribution in [0.1, 0.15) is 24.5 Å². The van der Waals surface area contributed by atoms with Gasteiger partial charge in [0.2, 0.25) is 0 Å². The Hall–Kier alpha value is -2.03. The molecule has 0 saturated carbocycles. The number of aryl methyl sites for hydroxylation is 1. The van der Waals surface area contributed by atoms with Crippen molar-refractivity contribution in [2.24, 2.45) is 0 Å². The van der Waals surface area contributed by atoms with E-state index in [1.54, 1.807) is 0 Å². The van der Waals surface area contributed by atoms with E-state index in [1.165, 1.54) is 29.7 Å². The first-order valence-corrected chi connectivity index (χ1v) is 7.38. The van der Waals surface area contributed by atoms with E-state index in [-0.39, 0.29) is 0 Å². The van der Waals surface area contributed by atoms with Crippen molar-refractivity contribution in [1.82, 2.24) is 4.98 Å². The molecule has 0 atom stereocenters. The van der Waals surface area contributed by atoms with Crippen LogP contribution in [0.2, 0.25) is 0 Å². The maximum Gasteiger partial charge on any atom is 0.125 e. The normalized spacial score (nSPS) is 13.9. The second kappa shape index (κ2) is 5.95. The summed E-state index contributed by atoms with van der Waals surface area (Å²) in [6.45, 7) is 5.06. The van der Waals surface area contributed by atoms with E-state index in [9.17, 15) is 0 Å². The van der Waals surface area contributed by atoms with Gasteiger partial charge in [0, 0.05) is 31.5 Å². The van der Waals surface area contributed by atoms with Gasteiger partial charge in [0.25, 0.3) is 0 Å². The van der Waals surface area contributed by atoms with Crippen LogP contribution in [-0.4, -0.2) is 18.1 Å². The number of hydrogen-bond donors (Lipinski definition) is 1. The summed E-state index contributed by atoms with van der Waals surface area (Å²) in [6, 6.07) is 13.0. The summed E-state index contributed by atoms with van der Waals surface area (Å²) in [5.41, 5.74) is 4.12. The molecular weight excluding hydrogens is 246 g/mol. The van der Waals surface area contributed by atoms with Crippen LogP contribution >= 0.6 is 0 Å². The third-order valence-electron chi connectivity index (χ3n) is 3.76. The highest BCUT2D eigenvalue weighted by Crippen LogP contribution is 2.27. The van der Waals surface area contributed by atoms with Crippen LogP contribution in [0, 0.1) is 0 Å². The summed E-state index contributed by atoms with van der Waals surface area (Å²) < 4.78 is 0. The average Bonchev–Trinajstić information content (AvgIpc) is 2.50. The van der Waals surface area contributed by atoms with E-state index in [0.717, 1.165) is 25.5 Å². The molecule has 0 bridgehead atoms. The van der Waals surface area contributed by atoms with Crippen molar-refractivity contribution < 1.29 is 0 Å². The first-order chi connectivity index (χ1) is 9.86. The highest BCUT2D eigenvalue weighted by atomic mass is 15.1. The van der Waals surface area contributed by atoms with Crippen molar-refractivity contribution in [1.29, 1.82) is 0 Å². The predicted octanol–water partition coefficient (Wildman–Crippen LogP) is 3.47. The lowest BCUT2D eigenvalue weighted by atomic mass is 10.0. The quantitative estimate of drug-likeness (QED) is 0.919. The Morgan fingerprint density at radius 2 is 2.10 bits per heavy atom. The van der Waals surface area contributed by atoms with E-state index >= 15 is 0 Å². The van der Waals surface area contributed by atoms with Crippen LogP contribution < -0.4 is 10.2 Å². The van der Waals surface area contributed by atoms with E-state index in [1.807, 2.05) is 6.20 Å². The maximum atomic E-state index is 4.45. The minimum absolute atomic E-state index is 0.909. The molecule has 3 heteroatoms. The van der Waals surface area contributed by atoms with E-state index in [4.69, 9.17) is 0 Å². The number of nitrogens with zero attached hydrogens (tertiary/aromatic N) is 2. The summed E-state index contributed by atoms with van der Waals surface area (Å²) in [5.74, 6) is 0.954. The molecule has 1 aromatic carbocycles. The third kappa shape index (κ3) is 2.77. The summed E-state index contributed by atoms with van der Waals surface area (Å²) in [7, 11) is 0. The van der Waals surface area contributed by atoms with Gasteiger partial charge in [-0.2, -0.15) is 0 Å². The topological polar surface area (TPSA) is 28.2 Å². The lowest BCUT2D eigenvalue weighted by Gasteiger charge is -2.31. The number of para-hydroxylation sites is 1. The van der Waals surface area contributed by atoms with Gasteiger partial charge in [0.1, 0.15) is 5.82 Å². The number of fused-ring (bicyclic) bond motifs is 1. The smallest absolute Gasteiger partial charge is 0.125 e. The summed E-state index contributed by atoms with van der Waals surface area (Å²) in [4.78, 5) is 6.91. The van der Waals surface area contributed by atoms with Crippen LogP contribution in [0.15, 0.2) is 42.6 Å². The van der Waals surface area contributed by atoms with Crippen molar-refractivity contribution >= 4 is 11.5 Å². The zero-order valence-corrected chi connectivity index (χ0v) is 12.0. The van der Waals surface area contributed by atoms with Crippen LogP contribution in [0.25, 0.3) is 0 Å². The second-order valence-corrected chi connectivity index (χ2v) is 5.24. The SMILES string of the molecule is CCNc1ccc(CN2CCCc3ccccc32)cn1. The molecule has 1 N–H and O–H groups in total. The van der Waals surface area contributed by atoms with Gasteiger partial charge in [-0.25, -0.2) is 4.98 Å². The van der Waals surface area contributed by atoms with Crippen LogP contribution in [0.5, 0.6) is 0 Å². The van der Waals surface area contributed by atoms with E-state index in [0.29, 0.717) is 0 Å². The lowest BCUT2D eigenvalue weighted by molar-refractivity contribution is 0.690. The van der Waals surface area contributed by atoms with Crippen molar-refractivity contribution in [3.63, 3.8) is 0 Å². The van der Waals surface area contributed by atoms with Crippen molar-refractivity contribution in [2.45, 2.75) is 26.3 Å². The maximum absolute atomic E-state index is 4.45. The monoisotopic (exact) mass is 267 g/mol. The van der Waals surface area contributed by atoms with Gasteiger partial charge in [0.05, 0.1) is 0 Å². The van der Waals surface area contributed by atoms with Crippen molar-refractivity contribution in [3.8, 4) is 0 Å². The third-order valence-corrected chi connectivity index (χ3v) is 3.76. The molecule has 0 saturated heterocycles. The molecule has 2 heterocycles. The van der Waals surface area contributed by atoms with Gasteiger partial charge in [0.15, 0.2) is 0 Å². The molecule has 0 unspecified atom stereocenters. The molecule has 20 heavy (non-hydrogen) atoms. The fraction of sp³-hybridized carbons (Fsp3) is 0.353. The number of anilines is 2. The number of aromatic nitrogens is 1. The molecule has 0 aliphatic carbocycles. The molecule has 3 rings (SSSR count). The number of nitrogens with one attached hydrogen (secondary N) is 1. The Morgan fingerprint density at radius 3 is 2.90 bits per heavy atom. The first-order valence-electron chi connectivity index (χ1n) is 7.38. The summed E-state index contributed by atoms with van der Waals surface area (Å²) in [6.07, 6.45) is 4.42. The van der Waals surface area contributed by atoms with Gasteiger partial charge in [-0.15, -0.1) is 0 Å². The molecule has 1 aromatic heterocycles. The highest BCUT2D eigenvalue weighted by Gasteiger charge is 2.16. The van der Waals surface area contributed by atoms with Gasteiger partial charge < -0.3 is 10.2 Å². The summed E-state index contributed by atoms with van der Waals surface area (Å²) >= 11 is 0. The molecule has 1 aliphatic heterocycles. The Labute approximate surface area is 120 Å². The Morgan fingerprint density at radius 1 is 1.20 bits per heavy atom. The first kappa shape index (κ1) is 13.0. The zero-order chi connectivity index (χ0) is 13.8. The van der Waals surface area contributed by atoms with Crippen molar-refractivity contribution in [3.05, 3.63) is 53.7 Å². The van der Waals surface area contributed by atoms with Crippen molar-refractivity contribution in [2.75, 3.05) is 23.3 Å². The number of benzene rings is 1. The molecule has 2 aromatic rings. The van der Waals surface area contributed by atoms with Gasteiger partial charge in [-0.05, 0) is 43.0 Å². The fourth-order valence-electron chi connectivity index (χ4n) is 2.80. The molecular formula is C17H21N3. The fourth-order valence-corrected chi connectivity index (χ4v) is 2.80. The zero-order valence-electron chi connectivity index (χ0n) is 12.0. The molecule has 1 aliphatic rings. The molecule has 0 radical (unpaired) electrons. The van der Waals surface area contributed by atoms with Gasteiger partial charge in [-0.3, -0.25) is 0 Å². The van der Waals surface area contributed by atoms with E-state index in [2.05, 4.69) is 58.5 Å². The standard InChI is InChI=1S/C17H21N3/c1-2-18-17-10-9-14(12-19-17)13-20-11-5-7-15-6-3-4-8-16(15)20/h3-4,6,8-10,12H,2,5,7,11,13H2,1H3,(H,18,19). The van der Waals surface area contributed by atoms with Gasteiger partial charge in [-0.1, -0.05) is 24.3 Å². The highest BCUT2D eigenvalue weighted by molar-refractivity contribution is 5.55. The Balaban J connectivity index is 1.75. The Kier molecular flexibility index (Phi) is 3.86. The molecule has 3 nitrogen and oxygen atoms in total. The molecule has 104 valence electrons. The van der Waals surface area contributed by atoms with Gasteiger partial charge >= 0.3 is 0 Å². The minimum Gasteiger partial charge on any atom is -0.370 e. The predicted molar refractivity (Wildman–Crippen MR) is 84.2 cm³/mol. The molecule has 0 fully saturated rings. The van der Waals surface area contributed by atoms with Crippen LogP contribution in [0.4, 0.5) is 11.5 Å². The largest absolute Gasteiger partial charge is 0.370 e. The second-order valence-electron chi connectivity index (χ2n) is 5.24. The molecule has 0 amide bonds. The Bertz CT molecular complexity index is 563. The van der Waals surface area contributed by atoms with Crippen LogP contribution in [0.3, 0.4) is 0 Å². The number of pyridine rings is 1. The van der Waals surface area contributed by atoms with E-state index < -0.39 is 0 Å². The molecule has 0 spiro atoms.